The Labute approximate surface area is 94.2 Å². The zero-order valence-electron chi connectivity index (χ0n) is 9.15. The number of aliphatic carboxylic acids is 1. The number of hydrogen-bond donors (Lipinski definition) is 2. The van der Waals surface area contributed by atoms with Crippen LogP contribution >= 0.6 is 0 Å². The third kappa shape index (κ3) is 2.72. The van der Waals surface area contributed by atoms with Crippen LogP contribution in [0.1, 0.15) is 25.7 Å². The maximum absolute atomic E-state index is 11.5. The highest BCUT2D eigenvalue weighted by molar-refractivity contribution is 5.89. The first-order valence-electron chi connectivity index (χ1n) is 5.80. The quantitative estimate of drug-likeness (QED) is 0.728. The van der Waals surface area contributed by atoms with Crippen molar-refractivity contribution in [1.29, 1.82) is 0 Å². The van der Waals surface area contributed by atoms with Gasteiger partial charge in [-0.25, -0.2) is 0 Å². The number of carboxylic acid groups (broad SMARTS) is 1. The van der Waals surface area contributed by atoms with Crippen molar-refractivity contribution in [3.63, 3.8) is 0 Å². The van der Waals surface area contributed by atoms with Gasteiger partial charge in [-0.3, -0.25) is 9.59 Å². The first-order chi connectivity index (χ1) is 7.68. The average Bonchev–Trinajstić information content (AvgIpc) is 3.07. The second kappa shape index (κ2) is 4.82. The molecule has 1 amide bonds. The van der Waals surface area contributed by atoms with Gasteiger partial charge in [0.15, 0.2) is 0 Å². The lowest BCUT2D eigenvalue weighted by atomic mass is 10.1. The van der Waals surface area contributed by atoms with E-state index < -0.39 is 11.9 Å². The van der Waals surface area contributed by atoms with E-state index in [1.165, 1.54) is 0 Å². The van der Waals surface area contributed by atoms with Gasteiger partial charge in [0, 0.05) is 13.2 Å². The predicted molar refractivity (Wildman–Crippen MR) is 55.8 cm³/mol. The molecule has 16 heavy (non-hydrogen) atoms. The normalized spacial score (nSPS) is 33.1. The second-order valence-electron chi connectivity index (χ2n) is 4.52. The summed E-state index contributed by atoms with van der Waals surface area (Å²) in [6.45, 7) is 1.28. The molecule has 1 heterocycles. The number of amides is 1. The minimum absolute atomic E-state index is 0.111. The van der Waals surface area contributed by atoms with Gasteiger partial charge in [0.25, 0.3) is 0 Å². The van der Waals surface area contributed by atoms with Crippen LogP contribution in [0.2, 0.25) is 0 Å². The SMILES string of the molecule is O=C(O)[C@H]1C[C@H]1C(=O)NCC1CCCCO1. The Kier molecular flexibility index (Phi) is 3.43. The molecular weight excluding hydrogens is 210 g/mol. The molecule has 90 valence electrons. The van der Waals surface area contributed by atoms with E-state index in [1.807, 2.05) is 0 Å². The summed E-state index contributed by atoms with van der Waals surface area (Å²) in [6, 6.07) is 0. The number of rotatable bonds is 4. The monoisotopic (exact) mass is 227 g/mol. The smallest absolute Gasteiger partial charge is 0.307 e. The Hall–Kier alpha value is -1.10. The van der Waals surface area contributed by atoms with Crippen LogP contribution < -0.4 is 5.32 Å². The Balaban J connectivity index is 1.66. The zero-order valence-corrected chi connectivity index (χ0v) is 9.15. The van der Waals surface area contributed by atoms with Crippen LogP contribution in [0.3, 0.4) is 0 Å². The summed E-state index contributed by atoms with van der Waals surface area (Å²) in [5.74, 6) is -1.79. The molecule has 0 aromatic rings. The van der Waals surface area contributed by atoms with Crippen LogP contribution in [0, 0.1) is 11.8 Å². The highest BCUT2D eigenvalue weighted by atomic mass is 16.5. The number of carbonyl (C=O) groups excluding carboxylic acids is 1. The summed E-state index contributed by atoms with van der Waals surface area (Å²) < 4.78 is 5.47. The van der Waals surface area contributed by atoms with E-state index in [1.54, 1.807) is 0 Å². The summed E-state index contributed by atoms with van der Waals surface area (Å²) >= 11 is 0. The number of ether oxygens (including phenoxy) is 1. The maximum Gasteiger partial charge on any atom is 0.307 e. The van der Waals surface area contributed by atoms with Crippen molar-refractivity contribution >= 4 is 11.9 Å². The molecule has 2 rings (SSSR count). The summed E-state index contributed by atoms with van der Waals surface area (Å²) in [7, 11) is 0. The van der Waals surface area contributed by atoms with Crippen molar-refractivity contribution in [2.45, 2.75) is 31.8 Å². The van der Waals surface area contributed by atoms with Crippen molar-refractivity contribution in [1.82, 2.24) is 5.32 Å². The standard InChI is InChI=1S/C11H17NO4/c13-10(8-5-9(8)11(14)15)12-6-7-3-1-2-4-16-7/h7-9H,1-6H2,(H,12,13)(H,14,15)/t7?,8-,9+/m1/s1. The van der Waals surface area contributed by atoms with E-state index in [9.17, 15) is 9.59 Å². The Bertz CT molecular complexity index is 286. The summed E-state index contributed by atoms with van der Waals surface area (Å²) in [6.07, 6.45) is 3.80. The van der Waals surface area contributed by atoms with Gasteiger partial charge in [-0.2, -0.15) is 0 Å². The van der Waals surface area contributed by atoms with Crippen molar-refractivity contribution in [3.05, 3.63) is 0 Å². The minimum Gasteiger partial charge on any atom is -0.481 e. The first kappa shape index (κ1) is 11.4. The van der Waals surface area contributed by atoms with Gasteiger partial charge in [0.2, 0.25) is 5.91 Å². The summed E-state index contributed by atoms with van der Waals surface area (Å²) in [5, 5.41) is 11.5. The number of hydrogen-bond acceptors (Lipinski definition) is 3. The molecule has 1 unspecified atom stereocenters. The number of carbonyl (C=O) groups is 2. The van der Waals surface area contributed by atoms with Gasteiger partial charge in [-0.15, -0.1) is 0 Å². The van der Waals surface area contributed by atoms with E-state index in [2.05, 4.69) is 5.32 Å². The summed E-state index contributed by atoms with van der Waals surface area (Å²) in [4.78, 5) is 22.1. The fourth-order valence-electron chi connectivity index (χ4n) is 2.07. The van der Waals surface area contributed by atoms with Gasteiger partial charge in [0.05, 0.1) is 17.9 Å². The Morgan fingerprint density at radius 3 is 2.69 bits per heavy atom. The van der Waals surface area contributed by atoms with Gasteiger partial charge in [0.1, 0.15) is 0 Å². The molecule has 2 fully saturated rings. The van der Waals surface area contributed by atoms with Crippen LogP contribution in [0.4, 0.5) is 0 Å². The molecule has 1 saturated carbocycles. The number of nitrogens with one attached hydrogen (secondary N) is 1. The molecule has 0 aromatic carbocycles. The van der Waals surface area contributed by atoms with Gasteiger partial charge in [-0.1, -0.05) is 0 Å². The van der Waals surface area contributed by atoms with Crippen molar-refractivity contribution in [2.24, 2.45) is 11.8 Å². The molecule has 5 heteroatoms. The highest BCUT2D eigenvalue weighted by Gasteiger charge is 2.48. The molecule has 0 aromatic heterocycles. The van der Waals surface area contributed by atoms with Gasteiger partial charge >= 0.3 is 5.97 Å². The first-order valence-corrected chi connectivity index (χ1v) is 5.80. The fraction of sp³-hybridized carbons (Fsp3) is 0.818. The van der Waals surface area contributed by atoms with Gasteiger partial charge < -0.3 is 15.2 Å². The molecular formula is C11H17NO4. The topological polar surface area (TPSA) is 75.6 Å². The molecule has 3 atom stereocenters. The summed E-state index contributed by atoms with van der Waals surface area (Å²) in [5.41, 5.74) is 0. The molecule has 0 spiro atoms. The van der Waals surface area contributed by atoms with Gasteiger partial charge in [-0.05, 0) is 25.7 Å². The maximum atomic E-state index is 11.5. The van der Waals surface area contributed by atoms with Crippen LogP contribution in [0.5, 0.6) is 0 Å². The lowest BCUT2D eigenvalue weighted by molar-refractivity contribution is -0.140. The number of carboxylic acids is 1. The highest BCUT2D eigenvalue weighted by Crippen LogP contribution is 2.38. The Morgan fingerprint density at radius 2 is 2.12 bits per heavy atom. The minimum atomic E-state index is -0.867. The van der Waals surface area contributed by atoms with Crippen LogP contribution in [-0.4, -0.2) is 36.2 Å². The largest absolute Gasteiger partial charge is 0.481 e. The lowest BCUT2D eigenvalue weighted by Crippen LogP contribution is -2.36. The van der Waals surface area contributed by atoms with Crippen molar-refractivity contribution in [2.75, 3.05) is 13.2 Å². The zero-order chi connectivity index (χ0) is 11.5. The van der Waals surface area contributed by atoms with Crippen molar-refractivity contribution in [3.8, 4) is 0 Å². The molecule has 2 aliphatic rings. The molecule has 1 saturated heterocycles. The van der Waals surface area contributed by atoms with E-state index in [-0.39, 0.29) is 17.9 Å². The molecule has 0 radical (unpaired) electrons. The molecule has 1 aliphatic heterocycles. The molecule has 0 bridgehead atoms. The third-order valence-electron chi connectivity index (χ3n) is 3.22. The third-order valence-corrected chi connectivity index (χ3v) is 3.22. The second-order valence-corrected chi connectivity index (χ2v) is 4.52. The fourth-order valence-corrected chi connectivity index (χ4v) is 2.07. The van der Waals surface area contributed by atoms with E-state index in [4.69, 9.17) is 9.84 Å². The average molecular weight is 227 g/mol. The van der Waals surface area contributed by atoms with Crippen LogP contribution in [-0.2, 0) is 14.3 Å². The molecule has 5 nitrogen and oxygen atoms in total. The van der Waals surface area contributed by atoms with Crippen molar-refractivity contribution < 1.29 is 19.4 Å². The van der Waals surface area contributed by atoms with E-state index in [0.29, 0.717) is 13.0 Å². The Morgan fingerprint density at radius 1 is 1.31 bits per heavy atom. The molecule has 2 N–H and O–H groups in total. The van der Waals surface area contributed by atoms with Crippen LogP contribution in [0.15, 0.2) is 0 Å². The predicted octanol–water partition coefficient (Wildman–Crippen LogP) is 0.392. The lowest BCUT2D eigenvalue weighted by Gasteiger charge is -2.22. The van der Waals surface area contributed by atoms with E-state index >= 15 is 0 Å². The van der Waals surface area contributed by atoms with Crippen LogP contribution in [0.25, 0.3) is 0 Å². The van der Waals surface area contributed by atoms with E-state index in [0.717, 1.165) is 25.9 Å². The molecule has 1 aliphatic carbocycles.